The van der Waals surface area contributed by atoms with Crippen LogP contribution >= 0.6 is 136 Å². The number of halogens is 2. The van der Waals surface area contributed by atoms with Gasteiger partial charge >= 0.3 is 18.2 Å². The molecule has 5 N–H and O–H groups in total. The Morgan fingerprint density at radius 2 is 1.06 bits per heavy atom. The highest BCUT2D eigenvalue weighted by Crippen LogP contribution is 2.28. The SMILES string of the molecule is CC.CN.CN=C=O.CNC(=O)OC.CO.CO.COC(=O)N(C)C.COC(C)=O.PI.PP.PPI.PPP.S.S.S=S=S.S=S=S=S. The van der Waals surface area contributed by atoms with Gasteiger partial charge in [-0.1, -0.05) is 72.8 Å². The molecular weight excluding hydrogens is 1190 g/mol. The molecule has 0 aliphatic heterocycles. The third-order valence-electron chi connectivity index (χ3n) is 1.34. The Bertz CT molecular complexity index is 639. The van der Waals surface area contributed by atoms with E-state index in [1.54, 1.807) is 14.1 Å². The smallest absolute Gasteiger partial charge is 0.408 e. The van der Waals surface area contributed by atoms with Crippen LogP contribution in [0.3, 0.4) is 0 Å². The first-order valence-corrected chi connectivity index (χ1v) is 34.7. The first-order valence-electron chi connectivity index (χ1n) is 10.6. The maximum Gasteiger partial charge on any atom is 0.408 e. The molecule has 0 bridgehead atoms. The van der Waals surface area contributed by atoms with Gasteiger partial charge in [-0.05, 0) is 13.0 Å². The molecule has 13 nitrogen and oxygen atoms in total. The van der Waals surface area contributed by atoms with Gasteiger partial charge in [-0.3, -0.25) is 4.79 Å². The molecule has 32 heteroatoms. The molecule has 2 amide bonds. The predicted molar refractivity (Wildman–Crippen MR) is 292 cm³/mol. The number of esters is 1. The van der Waals surface area contributed by atoms with Gasteiger partial charge in [0.25, 0.3) is 0 Å². The van der Waals surface area contributed by atoms with Gasteiger partial charge in [-0.25, -0.2) is 19.4 Å². The number of rotatable bonds is 0. The fourth-order valence-corrected chi connectivity index (χ4v) is 0.285. The van der Waals surface area contributed by atoms with Crippen molar-refractivity contribution in [3.8, 4) is 0 Å². The van der Waals surface area contributed by atoms with Gasteiger partial charge in [0.2, 0.25) is 6.08 Å². The lowest BCUT2D eigenvalue weighted by Crippen LogP contribution is -2.20. The van der Waals surface area contributed by atoms with Crippen LogP contribution in [0.25, 0.3) is 0 Å². The van der Waals surface area contributed by atoms with Gasteiger partial charge < -0.3 is 40.4 Å². The number of hydrogen-bond donors (Lipinski definition) is 4. The lowest BCUT2D eigenvalue weighted by atomic mass is 10.8. The first-order chi connectivity index (χ1) is 22.3. The number of carbonyl (C=O) groups is 3. The summed E-state index contributed by atoms with van der Waals surface area (Å²) >= 11 is 21.3. The molecule has 0 spiro atoms. The van der Waals surface area contributed by atoms with E-state index >= 15 is 0 Å². The number of nitrogens with one attached hydrogen (secondary N) is 1. The van der Waals surface area contributed by atoms with Crippen LogP contribution in [0.15, 0.2) is 4.99 Å². The number of ether oxygens (including phenoxy) is 3. The fraction of sp³-hybridized carbons (Fsp3) is 0.765. The summed E-state index contributed by atoms with van der Waals surface area (Å²) in [6.07, 6.45) is 0.579. The van der Waals surface area contributed by atoms with Crippen molar-refractivity contribution < 1.29 is 43.6 Å². The molecule has 0 heterocycles. The fourth-order valence-electron chi connectivity index (χ4n) is 0.285. The third kappa shape index (κ3) is 393. The maximum atomic E-state index is 10.2. The number of aliphatic imine (C=N–C) groups is 1. The molecule has 7 atom stereocenters. The van der Waals surface area contributed by atoms with E-state index in [0.29, 0.717) is 0 Å². The third-order valence-corrected chi connectivity index (χ3v) is 3.56. The molecule has 7 unspecified atom stereocenters. The Morgan fingerprint density at radius 3 is 1.06 bits per heavy atom. The molecule has 0 saturated heterocycles. The number of amides is 2. The summed E-state index contributed by atoms with van der Waals surface area (Å²) in [5, 5.41) is 16.3. The van der Waals surface area contributed by atoms with E-state index in [4.69, 9.17) is 15.0 Å². The van der Waals surface area contributed by atoms with E-state index in [1.165, 1.54) is 78.1 Å². The highest BCUT2D eigenvalue weighted by atomic mass is 127. The summed E-state index contributed by atoms with van der Waals surface area (Å²) < 4.78 is 12.6. The number of methoxy groups -OCH3 is 3. The van der Waals surface area contributed by atoms with Gasteiger partial charge in [-0.2, -0.15) is 27.0 Å². The zero-order valence-electron chi connectivity index (χ0n) is 29.8. The highest BCUT2D eigenvalue weighted by Gasteiger charge is 1.97. The summed E-state index contributed by atoms with van der Waals surface area (Å²) in [7, 11) is 30.2. The van der Waals surface area contributed by atoms with Crippen LogP contribution in [0.1, 0.15) is 20.8 Å². The van der Waals surface area contributed by atoms with Crippen molar-refractivity contribution in [3.05, 3.63) is 0 Å². The molecule has 312 valence electrons. The summed E-state index contributed by atoms with van der Waals surface area (Å²) in [4.78, 5) is 42.8. The van der Waals surface area contributed by atoms with Gasteiger partial charge in [-0.15, -0.1) is 44.6 Å². The number of aliphatic hydroxyl groups excluding tert-OH is 2. The monoisotopic (exact) mass is 1260 g/mol. The zero-order chi connectivity index (χ0) is 42.1. The van der Waals surface area contributed by atoms with E-state index in [0.717, 1.165) is 37.0 Å². The van der Waals surface area contributed by atoms with Crippen LogP contribution in [0.2, 0.25) is 0 Å². The molecule has 0 aromatic carbocycles. The van der Waals surface area contributed by atoms with Crippen molar-refractivity contribution in [2.75, 3.05) is 70.8 Å². The minimum atomic E-state index is -0.407. The van der Waals surface area contributed by atoms with E-state index in [-0.39, 0.29) is 39.1 Å². The van der Waals surface area contributed by atoms with Crippen LogP contribution in [-0.2, 0) is 95.2 Å². The van der Waals surface area contributed by atoms with Crippen LogP contribution in [-0.4, -0.2) is 110 Å². The van der Waals surface area contributed by atoms with Crippen molar-refractivity contribution in [1.82, 2.24) is 10.2 Å². The summed E-state index contributed by atoms with van der Waals surface area (Å²) in [6.45, 7) is 7.75. The van der Waals surface area contributed by atoms with Crippen molar-refractivity contribution in [2.45, 2.75) is 20.8 Å². The molecule has 0 aromatic rings. The van der Waals surface area contributed by atoms with Gasteiger partial charge in [0.05, 0.1) is 21.3 Å². The molecular formula is C17H62I2N4O9P8S9. The number of hydrogen-bond acceptors (Lipinski definition) is 15. The Labute approximate surface area is 383 Å². The topological polar surface area (TPSA) is 190 Å². The van der Waals surface area contributed by atoms with Gasteiger partial charge in [0.1, 0.15) is 0 Å². The number of nitrogens with zero attached hydrogens (tertiary/aromatic N) is 2. The number of carbonyl (C=O) groups excluding carboxylic acids is 4. The average molecular weight is 1260 g/mol. The van der Waals surface area contributed by atoms with Crippen molar-refractivity contribution in [2.24, 2.45) is 10.7 Å². The Hall–Kier alpha value is 4.41. The quantitative estimate of drug-likeness (QED) is 0.0606. The molecule has 0 saturated carbocycles. The van der Waals surface area contributed by atoms with Crippen LogP contribution in [0.5, 0.6) is 0 Å². The normalized spacial score (nSPS) is 5.39. The summed E-state index contributed by atoms with van der Waals surface area (Å²) in [6, 6.07) is 0. The zero-order valence-corrected chi connectivity index (χ0v) is 50.8. The Balaban J connectivity index is -0.0000000175. The molecule has 0 aliphatic carbocycles. The maximum absolute atomic E-state index is 10.2. The molecule has 0 fully saturated rings. The summed E-state index contributed by atoms with van der Waals surface area (Å²) in [5.41, 5.74) is 4.50. The van der Waals surface area contributed by atoms with Crippen molar-refractivity contribution in [1.29, 1.82) is 0 Å². The Kier molecular flexibility index (Phi) is 394. The number of nitrogens with two attached hydrogens (primary N) is 1. The molecule has 49 heavy (non-hydrogen) atoms. The second kappa shape index (κ2) is 184. The largest absolute Gasteiger partial charge is 0.469 e. The molecule has 0 aromatic heterocycles. The Morgan fingerprint density at radius 1 is 0.878 bits per heavy atom. The number of aliphatic hydroxyl groups is 2. The summed E-state index contributed by atoms with van der Waals surface area (Å²) in [5.74, 6) is 0.725. The minimum absolute atomic E-state index is 0. The molecule has 0 radical (unpaired) electrons. The average Bonchev–Trinajstić information content (AvgIpc) is 3.14. The van der Waals surface area contributed by atoms with Crippen LogP contribution < -0.4 is 11.1 Å². The van der Waals surface area contributed by atoms with E-state index < -0.39 is 6.09 Å². The lowest BCUT2D eigenvalue weighted by molar-refractivity contribution is -0.137. The highest BCUT2D eigenvalue weighted by molar-refractivity contribution is 14.2. The number of isocyanates is 1. The molecule has 0 aliphatic rings. The second-order valence-corrected chi connectivity index (χ2v) is 19.7. The van der Waals surface area contributed by atoms with Crippen molar-refractivity contribution in [3.63, 3.8) is 0 Å². The van der Waals surface area contributed by atoms with E-state index in [1.807, 2.05) is 13.8 Å². The lowest BCUT2D eigenvalue weighted by Gasteiger charge is -2.05. The van der Waals surface area contributed by atoms with Gasteiger partial charge in [0.15, 0.2) is 0 Å². The predicted octanol–water partition coefficient (Wildman–Crippen LogP) is 5.36. The van der Waals surface area contributed by atoms with Crippen LogP contribution in [0, 0.1) is 0 Å². The van der Waals surface area contributed by atoms with Gasteiger partial charge in [0, 0.05) is 121 Å². The first kappa shape index (κ1) is 105. The van der Waals surface area contributed by atoms with E-state index in [2.05, 4.69) is 171 Å². The van der Waals surface area contributed by atoms with E-state index in [9.17, 15) is 14.4 Å². The number of alkyl carbamates (subject to hydrolysis) is 1. The minimum Gasteiger partial charge on any atom is -0.469 e. The standard InChI is InChI=1S/C4H9NO2.C3H7NO2.C3H6O2.C2H3NO.C2H6.CH5N.2CH4O.H3IP2.H2IP.H5P3.H4P2.S4.S3.2H2S/c1-5(2)4(6)7-3;1-4-3(5)6-2;1-3(4)5-2;1-3-2-4;4*1-2;1-3-2;1-2;1-3-2;1-2;1-3-4-2;1-3-2;;/h1-3H3;1-2H3,(H,4,5);1-2H3;1H3;1-2H3;2H2,1H3;2*2H,1H3;3H,2H2;2H2;3H,1-2H2;1-2H2;;;2*1H2. The van der Waals surface area contributed by atoms with Crippen LogP contribution in [0.4, 0.5) is 9.59 Å². The molecule has 0 rings (SSSR count). The second-order valence-electron chi connectivity index (χ2n) is 3.60. The van der Waals surface area contributed by atoms with Crippen molar-refractivity contribution >= 4 is 232 Å².